The maximum Gasteiger partial charge on any atom is 0.124 e. The lowest BCUT2D eigenvalue weighted by atomic mass is 10.1. The Hall–Kier alpha value is -1.04. The van der Waals surface area contributed by atoms with Gasteiger partial charge in [0.2, 0.25) is 0 Å². The van der Waals surface area contributed by atoms with Gasteiger partial charge in [0.05, 0.1) is 6.61 Å². The third-order valence-corrected chi connectivity index (χ3v) is 4.33. The van der Waals surface area contributed by atoms with Crippen molar-refractivity contribution in [2.75, 3.05) is 20.3 Å². The molecule has 1 atom stereocenters. The topological polar surface area (TPSA) is 38.5 Å². The van der Waals surface area contributed by atoms with Crippen molar-refractivity contribution in [2.24, 2.45) is 11.7 Å². The molecule has 0 amide bonds. The van der Waals surface area contributed by atoms with Crippen molar-refractivity contribution < 1.29 is 9.13 Å². The molecular weight excluding hydrogens is 287 g/mol. The first-order valence-corrected chi connectivity index (χ1v) is 7.74. The summed E-state index contributed by atoms with van der Waals surface area (Å²) < 4.78 is 18.9. The maximum absolute atomic E-state index is 13.7. The summed E-state index contributed by atoms with van der Waals surface area (Å²) in [6.45, 7) is 4.44. The molecule has 21 heavy (non-hydrogen) atoms. The SMILES string of the molecule is COCCN(Cc1cc(F)cc(C(N)=S)c1)C(C)C1CC1. The molecular formula is C16H23FN2OS. The number of hydrogen-bond acceptors (Lipinski definition) is 3. The molecule has 116 valence electrons. The largest absolute Gasteiger partial charge is 0.389 e. The van der Waals surface area contributed by atoms with Crippen LogP contribution in [-0.2, 0) is 11.3 Å². The van der Waals surface area contributed by atoms with Gasteiger partial charge in [-0.15, -0.1) is 0 Å². The second-order valence-electron chi connectivity index (χ2n) is 5.75. The van der Waals surface area contributed by atoms with Gasteiger partial charge < -0.3 is 10.5 Å². The van der Waals surface area contributed by atoms with Crippen LogP contribution in [0.5, 0.6) is 0 Å². The third-order valence-electron chi connectivity index (χ3n) is 4.09. The van der Waals surface area contributed by atoms with Crippen molar-refractivity contribution in [3.05, 3.63) is 35.1 Å². The minimum atomic E-state index is -0.291. The minimum absolute atomic E-state index is 0.231. The van der Waals surface area contributed by atoms with Gasteiger partial charge >= 0.3 is 0 Å². The fourth-order valence-electron chi connectivity index (χ4n) is 2.63. The van der Waals surface area contributed by atoms with E-state index in [-0.39, 0.29) is 10.8 Å². The van der Waals surface area contributed by atoms with Crippen LogP contribution in [0.3, 0.4) is 0 Å². The second kappa shape index (κ2) is 7.29. The molecule has 2 N–H and O–H groups in total. The Morgan fingerprint density at radius 2 is 2.19 bits per heavy atom. The van der Waals surface area contributed by atoms with E-state index in [4.69, 9.17) is 22.7 Å². The number of methoxy groups -OCH3 is 1. The average Bonchev–Trinajstić information content (AvgIpc) is 3.26. The Balaban J connectivity index is 2.12. The van der Waals surface area contributed by atoms with Crippen molar-refractivity contribution in [2.45, 2.75) is 32.4 Å². The van der Waals surface area contributed by atoms with Crippen molar-refractivity contribution in [3.8, 4) is 0 Å². The van der Waals surface area contributed by atoms with Gasteiger partial charge in [-0.3, -0.25) is 4.90 Å². The van der Waals surface area contributed by atoms with Gasteiger partial charge in [0.15, 0.2) is 0 Å². The fraction of sp³-hybridized carbons (Fsp3) is 0.562. The molecule has 0 bridgehead atoms. The van der Waals surface area contributed by atoms with Crippen molar-refractivity contribution in [3.63, 3.8) is 0 Å². The summed E-state index contributed by atoms with van der Waals surface area (Å²) in [5.41, 5.74) is 7.10. The zero-order valence-electron chi connectivity index (χ0n) is 12.6. The highest BCUT2D eigenvalue weighted by Gasteiger charge is 2.31. The lowest BCUT2D eigenvalue weighted by Crippen LogP contribution is -2.36. The van der Waals surface area contributed by atoms with E-state index in [1.807, 2.05) is 6.07 Å². The molecule has 1 aromatic rings. The molecule has 2 rings (SSSR count). The number of benzene rings is 1. The van der Waals surface area contributed by atoms with Crippen LogP contribution in [0.4, 0.5) is 4.39 Å². The smallest absolute Gasteiger partial charge is 0.124 e. The highest BCUT2D eigenvalue weighted by Crippen LogP contribution is 2.35. The molecule has 0 saturated heterocycles. The molecule has 1 fully saturated rings. The van der Waals surface area contributed by atoms with Gasteiger partial charge in [-0.2, -0.15) is 0 Å². The molecule has 0 aromatic heterocycles. The van der Waals surface area contributed by atoms with Gasteiger partial charge in [-0.1, -0.05) is 12.2 Å². The Kier molecular flexibility index (Phi) is 5.67. The Morgan fingerprint density at radius 3 is 2.76 bits per heavy atom. The average molecular weight is 310 g/mol. The first-order valence-electron chi connectivity index (χ1n) is 7.33. The molecule has 0 heterocycles. The van der Waals surface area contributed by atoms with Crippen LogP contribution in [0.2, 0.25) is 0 Å². The maximum atomic E-state index is 13.7. The summed E-state index contributed by atoms with van der Waals surface area (Å²) in [5.74, 6) is 0.464. The highest BCUT2D eigenvalue weighted by atomic mass is 32.1. The first kappa shape index (κ1) is 16.3. The van der Waals surface area contributed by atoms with Gasteiger partial charge in [-0.05, 0) is 49.4 Å². The summed E-state index contributed by atoms with van der Waals surface area (Å²) >= 11 is 4.95. The third kappa shape index (κ3) is 4.73. The fourth-order valence-corrected chi connectivity index (χ4v) is 2.75. The molecule has 0 radical (unpaired) electrons. The highest BCUT2D eigenvalue weighted by molar-refractivity contribution is 7.80. The van der Waals surface area contributed by atoms with E-state index < -0.39 is 0 Å². The molecule has 1 aliphatic carbocycles. The van der Waals surface area contributed by atoms with Crippen LogP contribution in [0.25, 0.3) is 0 Å². The number of nitrogens with two attached hydrogens (primary N) is 1. The molecule has 0 spiro atoms. The van der Waals surface area contributed by atoms with Gasteiger partial charge in [0.25, 0.3) is 0 Å². The Bertz CT molecular complexity index is 505. The number of halogens is 1. The van der Waals surface area contributed by atoms with Crippen molar-refractivity contribution in [1.82, 2.24) is 4.90 Å². The summed E-state index contributed by atoms with van der Waals surface area (Å²) in [7, 11) is 1.70. The number of hydrogen-bond donors (Lipinski definition) is 1. The van der Waals surface area contributed by atoms with Crippen LogP contribution >= 0.6 is 12.2 Å². The van der Waals surface area contributed by atoms with E-state index in [1.165, 1.54) is 18.9 Å². The monoisotopic (exact) mass is 310 g/mol. The van der Waals surface area contributed by atoms with Gasteiger partial charge in [0, 0.05) is 31.8 Å². The predicted molar refractivity (Wildman–Crippen MR) is 86.8 cm³/mol. The van der Waals surface area contributed by atoms with E-state index in [1.54, 1.807) is 13.2 Å². The molecule has 3 nitrogen and oxygen atoms in total. The molecule has 1 aliphatic rings. The summed E-state index contributed by atoms with van der Waals surface area (Å²) in [4.78, 5) is 2.58. The number of nitrogens with zero attached hydrogens (tertiary/aromatic N) is 1. The second-order valence-corrected chi connectivity index (χ2v) is 6.19. The van der Waals surface area contributed by atoms with E-state index in [2.05, 4.69) is 11.8 Å². The Morgan fingerprint density at radius 1 is 1.48 bits per heavy atom. The number of ether oxygens (including phenoxy) is 1. The van der Waals surface area contributed by atoms with Gasteiger partial charge in [0.1, 0.15) is 10.8 Å². The summed E-state index contributed by atoms with van der Waals surface area (Å²) in [5, 5.41) is 0. The molecule has 5 heteroatoms. The molecule has 1 aromatic carbocycles. The number of rotatable bonds is 8. The van der Waals surface area contributed by atoms with Crippen molar-refractivity contribution >= 4 is 17.2 Å². The van der Waals surface area contributed by atoms with Crippen LogP contribution in [0.15, 0.2) is 18.2 Å². The van der Waals surface area contributed by atoms with E-state index >= 15 is 0 Å². The van der Waals surface area contributed by atoms with Crippen LogP contribution in [0, 0.1) is 11.7 Å². The van der Waals surface area contributed by atoms with Crippen LogP contribution in [-0.4, -0.2) is 36.2 Å². The number of thiocarbonyl (C=S) groups is 1. The Labute approximate surface area is 131 Å². The predicted octanol–water partition coefficient (Wildman–Crippen LogP) is 2.71. The van der Waals surface area contributed by atoms with Gasteiger partial charge in [-0.25, -0.2) is 4.39 Å². The summed E-state index contributed by atoms with van der Waals surface area (Å²) in [6, 6.07) is 5.30. The lowest BCUT2D eigenvalue weighted by Gasteiger charge is -2.29. The van der Waals surface area contributed by atoms with E-state index in [0.717, 1.165) is 18.0 Å². The molecule has 1 saturated carbocycles. The minimum Gasteiger partial charge on any atom is -0.389 e. The lowest BCUT2D eigenvalue weighted by molar-refractivity contribution is 0.111. The summed E-state index contributed by atoms with van der Waals surface area (Å²) in [6.07, 6.45) is 2.57. The quantitative estimate of drug-likeness (QED) is 0.749. The molecule has 0 aliphatic heterocycles. The zero-order chi connectivity index (χ0) is 15.4. The normalized spacial score (nSPS) is 16.2. The molecule has 1 unspecified atom stereocenters. The van der Waals surface area contributed by atoms with E-state index in [0.29, 0.717) is 24.8 Å². The van der Waals surface area contributed by atoms with E-state index in [9.17, 15) is 4.39 Å². The zero-order valence-corrected chi connectivity index (χ0v) is 13.5. The standard InChI is InChI=1S/C16H23FN2OS/c1-11(13-3-4-13)19(5-6-20-2)10-12-7-14(16(18)21)9-15(17)8-12/h7-9,11,13H,3-6,10H2,1-2H3,(H2,18,21). The van der Waals surface area contributed by atoms with Crippen LogP contribution < -0.4 is 5.73 Å². The van der Waals surface area contributed by atoms with Crippen LogP contribution in [0.1, 0.15) is 30.9 Å². The van der Waals surface area contributed by atoms with Crippen molar-refractivity contribution in [1.29, 1.82) is 0 Å². The first-order chi connectivity index (χ1) is 10.0.